The van der Waals surface area contributed by atoms with Crippen LogP contribution < -0.4 is 11.1 Å². The van der Waals surface area contributed by atoms with Crippen LogP contribution in [0.2, 0.25) is 5.02 Å². The molecule has 0 aromatic heterocycles. The van der Waals surface area contributed by atoms with Gasteiger partial charge in [-0.2, -0.15) is 0 Å². The summed E-state index contributed by atoms with van der Waals surface area (Å²) in [5.74, 6) is -0.414. The van der Waals surface area contributed by atoms with E-state index in [1.165, 1.54) is 0 Å². The summed E-state index contributed by atoms with van der Waals surface area (Å²) in [4.78, 5) is 24.0. The number of halogens is 1. The fourth-order valence-corrected chi connectivity index (χ4v) is 2.35. The summed E-state index contributed by atoms with van der Waals surface area (Å²) in [5.41, 5.74) is 5.58. The van der Waals surface area contributed by atoms with Crippen LogP contribution in [-0.2, 0) is 4.79 Å². The van der Waals surface area contributed by atoms with Crippen molar-refractivity contribution < 1.29 is 9.59 Å². The molecule has 2 atom stereocenters. The number of nitrogens with one attached hydrogen (secondary N) is 1. The molecule has 2 rings (SSSR count). The van der Waals surface area contributed by atoms with Gasteiger partial charge in [0.15, 0.2) is 5.78 Å². The maximum Gasteiger partial charge on any atom is 0.228 e. The average Bonchev–Trinajstić information content (AvgIpc) is 2.69. The topological polar surface area (TPSA) is 72.2 Å². The fraction of sp³-hybridized carbons (Fsp3) is 0.385. The molecule has 0 spiro atoms. The van der Waals surface area contributed by atoms with Gasteiger partial charge in [0.2, 0.25) is 5.91 Å². The minimum atomic E-state index is -0.849. The highest BCUT2D eigenvalue weighted by molar-refractivity contribution is 6.31. The van der Waals surface area contributed by atoms with Crippen LogP contribution in [0.25, 0.3) is 0 Å². The molecule has 1 aliphatic rings. The Bertz CT molecular complexity index is 504. The highest BCUT2D eigenvalue weighted by atomic mass is 35.5. The molecule has 0 radical (unpaired) electrons. The predicted molar refractivity (Wildman–Crippen MR) is 69.5 cm³/mol. The molecule has 1 aliphatic heterocycles. The molecule has 1 aromatic rings. The normalized spacial score (nSPS) is 24.7. The van der Waals surface area contributed by atoms with Gasteiger partial charge in [0.1, 0.15) is 0 Å². The van der Waals surface area contributed by atoms with Gasteiger partial charge in [0.25, 0.3) is 0 Å². The summed E-state index contributed by atoms with van der Waals surface area (Å²) in [5, 5.41) is 3.19. The molecule has 1 fully saturated rings. The van der Waals surface area contributed by atoms with E-state index in [9.17, 15) is 9.59 Å². The molecule has 96 valence electrons. The number of amides is 1. The van der Waals surface area contributed by atoms with E-state index in [0.717, 1.165) is 0 Å². The quantitative estimate of drug-likeness (QED) is 0.812. The zero-order valence-electron chi connectivity index (χ0n) is 10.1. The molecule has 1 heterocycles. The van der Waals surface area contributed by atoms with Crippen molar-refractivity contribution >= 4 is 23.3 Å². The Hall–Kier alpha value is -1.39. The Balaban J connectivity index is 2.26. The Morgan fingerprint density at radius 2 is 2.28 bits per heavy atom. The van der Waals surface area contributed by atoms with Crippen molar-refractivity contribution in [3.63, 3.8) is 0 Å². The van der Waals surface area contributed by atoms with E-state index in [1.807, 2.05) is 0 Å². The molecule has 5 heteroatoms. The first-order valence-corrected chi connectivity index (χ1v) is 6.16. The van der Waals surface area contributed by atoms with Crippen molar-refractivity contribution in [3.8, 4) is 0 Å². The number of ketones is 1. The zero-order chi connectivity index (χ0) is 13.3. The third-order valence-electron chi connectivity index (χ3n) is 3.53. The van der Waals surface area contributed by atoms with Crippen LogP contribution in [0.1, 0.15) is 23.7 Å². The number of benzene rings is 1. The first-order valence-electron chi connectivity index (χ1n) is 5.79. The largest absolute Gasteiger partial charge is 0.356 e. The van der Waals surface area contributed by atoms with Gasteiger partial charge in [-0.05, 0) is 25.5 Å². The minimum absolute atomic E-state index is 0.162. The smallest absolute Gasteiger partial charge is 0.228 e. The number of nitrogens with two attached hydrogens (primary N) is 1. The molecule has 0 saturated carbocycles. The molecular formula is C13H15ClN2O2. The standard InChI is InChI=1S/C13H15ClN2O2/c1-13(5-6-16-12(13)18)11(15)10(17)8-3-2-4-9(14)7-8/h2-4,7,11H,5-6,15H2,1H3,(H,16,18). The molecule has 1 aromatic carbocycles. The number of Topliss-reactive ketones (excluding diaryl/α,β-unsaturated/α-hetero) is 1. The SMILES string of the molecule is CC1(C(N)C(=O)c2cccc(Cl)c2)CCNC1=O. The van der Waals surface area contributed by atoms with Crippen molar-refractivity contribution in [1.82, 2.24) is 5.32 Å². The maximum absolute atomic E-state index is 12.3. The Morgan fingerprint density at radius 1 is 1.56 bits per heavy atom. The Kier molecular flexibility index (Phi) is 3.41. The summed E-state index contributed by atoms with van der Waals surface area (Å²) in [6.45, 7) is 2.29. The van der Waals surface area contributed by atoms with Crippen molar-refractivity contribution in [3.05, 3.63) is 34.9 Å². The van der Waals surface area contributed by atoms with Crippen molar-refractivity contribution in [1.29, 1.82) is 0 Å². The second-order valence-corrected chi connectivity index (χ2v) is 5.21. The minimum Gasteiger partial charge on any atom is -0.356 e. The summed E-state index contributed by atoms with van der Waals surface area (Å²) in [7, 11) is 0. The number of carbonyl (C=O) groups is 2. The van der Waals surface area contributed by atoms with E-state index < -0.39 is 11.5 Å². The first-order chi connectivity index (χ1) is 8.45. The molecule has 2 unspecified atom stereocenters. The number of hydrogen-bond donors (Lipinski definition) is 2. The first kappa shape index (κ1) is 13.1. The predicted octanol–water partition coefficient (Wildman–Crippen LogP) is 1.38. The van der Waals surface area contributed by atoms with Crippen LogP contribution >= 0.6 is 11.6 Å². The molecule has 18 heavy (non-hydrogen) atoms. The van der Waals surface area contributed by atoms with Gasteiger partial charge in [-0.1, -0.05) is 23.7 Å². The molecule has 3 N–H and O–H groups in total. The summed E-state index contributed by atoms with van der Waals surface area (Å²) < 4.78 is 0. The fourth-order valence-electron chi connectivity index (χ4n) is 2.16. The highest BCUT2D eigenvalue weighted by Gasteiger charge is 2.46. The lowest BCUT2D eigenvalue weighted by atomic mass is 9.78. The molecule has 4 nitrogen and oxygen atoms in total. The van der Waals surface area contributed by atoms with Gasteiger partial charge < -0.3 is 11.1 Å². The summed E-state index contributed by atoms with van der Waals surface area (Å²) >= 11 is 5.84. The third-order valence-corrected chi connectivity index (χ3v) is 3.76. The molecule has 0 aliphatic carbocycles. The zero-order valence-corrected chi connectivity index (χ0v) is 10.8. The van der Waals surface area contributed by atoms with E-state index in [4.69, 9.17) is 17.3 Å². The highest BCUT2D eigenvalue weighted by Crippen LogP contribution is 2.31. The molecule has 0 bridgehead atoms. The molecule has 1 amide bonds. The summed E-state index contributed by atoms with van der Waals surface area (Å²) in [6.07, 6.45) is 0.569. The van der Waals surface area contributed by atoms with Crippen LogP contribution in [-0.4, -0.2) is 24.3 Å². The average molecular weight is 267 g/mol. The lowest BCUT2D eigenvalue weighted by Gasteiger charge is -2.27. The Labute approximate surface area is 110 Å². The van der Waals surface area contributed by atoms with Crippen LogP contribution in [0.5, 0.6) is 0 Å². The van der Waals surface area contributed by atoms with E-state index >= 15 is 0 Å². The van der Waals surface area contributed by atoms with Crippen LogP contribution in [0.4, 0.5) is 0 Å². The number of hydrogen-bond acceptors (Lipinski definition) is 3. The van der Waals surface area contributed by atoms with E-state index in [0.29, 0.717) is 23.6 Å². The number of rotatable bonds is 3. The van der Waals surface area contributed by atoms with Crippen molar-refractivity contribution in [2.24, 2.45) is 11.1 Å². The van der Waals surface area contributed by atoms with Gasteiger partial charge in [0.05, 0.1) is 11.5 Å². The van der Waals surface area contributed by atoms with Crippen molar-refractivity contribution in [2.45, 2.75) is 19.4 Å². The Morgan fingerprint density at radius 3 is 2.83 bits per heavy atom. The lowest BCUT2D eigenvalue weighted by Crippen LogP contribution is -2.49. The maximum atomic E-state index is 12.3. The van der Waals surface area contributed by atoms with Crippen LogP contribution in [0, 0.1) is 5.41 Å². The van der Waals surface area contributed by atoms with Crippen molar-refractivity contribution in [2.75, 3.05) is 6.54 Å². The van der Waals surface area contributed by atoms with E-state index in [1.54, 1.807) is 31.2 Å². The van der Waals surface area contributed by atoms with Gasteiger partial charge in [0, 0.05) is 17.1 Å². The third kappa shape index (κ3) is 2.13. The van der Waals surface area contributed by atoms with Gasteiger partial charge in [-0.15, -0.1) is 0 Å². The number of carbonyl (C=O) groups excluding carboxylic acids is 2. The molecule has 1 saturated heterocycles. The van der Waals surface area contributed by atoms with Gasteiger partial charge in [-0.3, -0.25) is 9.59 Å². The van der Waals surface area contributed by atoms with Gasteiger partial charge >= 0.3 is 0 Å². The summed E-state index contributed by atoms with van der Waals surface area (Å²) in [6, 6.07) is 5.76. The van der Waals surface area contributed by atoms with Gasteiger partial charge in [-0.25, -0.2) is 0 Å². The van der Waals surface area contributed by atoms with Crippen LogP contribution in [0.15, 0.2) is 24.3 Å². The lowest BCUT2D eigenvalue weighted by molar-refractivity contribution is -0.127. The molecular weight excluding hydrogens is 252 g/mol. The van der Waals surface area contributed by atoms with E-state index in [-0.39, 0.29) is 11.7 Å². The second-order valence-electron chi connectivity index (χ2n) is 4.78. The van der Waals surface area contributed by atoms with E-state index in [2.05, 4.69) is 5.32 Å². The van der Waals surface area contributed by atoms with Crippen LogP contribution in [0.3, 0.4) is 0 Å². The second kappa shape index (κ2) is 4.71. The monoisotopic (exact) mass is 266 g/mol.